The minimum absolute atomic E-state index is 0. The lowest BCUT2D eigenvalue weighted by molar-refractivity contribution is 0.251. The number of benzene rings is 2. The van der Waals surface area contributed by atoms with E-state index in [1.54, 1.807) is 12.1 Å². The van der Waals surface area contributed by atoms with Gasteiger partial charge in [0.15, 0.2) is 0 Å². The Hall–Kier alpha value is -1.75. The molecule has 0 radical (unpaired) electrons. The Balaban J connectivity index is 0.00000242. The van der Waals surface area contributed by atoms with Crippen LogP contribution >= 0.6 is 24.0 Å². The first-order valence-electron chi connectivity index (χ1n) is 6.69. The van der Waals surface area contributed by atoms with Crippen molar-refractivity contribution in [3.63, 3.8) is 0 Å². The van der Waals surface area contributed by atoms with Gasteiger partial charge in [0.25, 0.3) is 0 Å². The maximum absolute atomic E-state index is 11.8. The number of amides is 2. The lowest BCUT2D eigenvalue weighted by atomic mass is 10.1. The normalized spacial score (nSPS) is 11.2. The summed E-state index contributed by atoms with van der Waals surface area (Å²) in [5.74, 6) is 0. The first-order valence-corrected chi connectivity index (χ1v) is 7.07. The van der Waals surface area contributed by atoms with E-state index in [1.165, 1.54) is 0 Å². The van der Waals surface area contributed by atoms with Crippen molar-refractivity contribution in [1.82, 2.24) is 5.32 Å². The number of nitrogens with one attached hydrogen (secondary N) is 2. The number of carbonyl (C=O) groups is 1. The fourth-order valence-corrected chi connectivity index (χ4v) is 1.96. The van der Waals surface area contributed by atoms with Crippen molar-refractivity contribution < 1.29 is 4.79 Å². The van der Waals surface area contributed by atoms with E-state index in [4.69, 9.17) is 17.3 Å². The van der Waals surface area contributed by atoms with Gasteiger partial charge in [-0.05, 0) is 42.3 Å². The number of anilines is 1. The minimum atomic E-state index is -0.251. The van der Waals surface area contributed by atoms with E-state index in [2.05, 4.69) is 10.6 Å². The van der Waals surface area contributed by atoms with Crippen molar-refractivity contribution in [1.29, 1.82) is 0 Å². The fourth-order valence-electron chi connectivity index (χ4n) is 1.83. The quantitative estimate of drug-likeness (QED) is 0.784. The van der Waals surface area contributed by atoms with Gasteiger partial charge in [0.1, 0.15) is 0 Å². The predicted molar refractivity (Wildman–Crippen MR) is 93.6 cm³/mol. The molecule has 4 nitrogen and oxygen atoms in total. The van der Waals surface area contributed by atoms with Gasteiger partial charge in [-0.1, -0.05) is 35.9 Å². The van der Waals surface area contributed by atoms with Crippen molar-refractivity contribution >= 4 is 35.7 Å². The Kier molecular flexibility index (Phi) is 7.18. The number of nitrogens with two attached hydrogens (primary N) is 1. The first-order chi connectivity index (χ1) is 10.0. The van der Waals surface area contributed by atoms with E-state index in [0.717, 1.165) is 16.8 Å². The van der Waals surface area contributed by atoms with Crippen LogP contribution in [0.2, 0.25) is 5.02 Å². The molecule has 2 amide bonds. The summed E-state index contributed by atoms with van der Waals surface area (Å²) in [4.78, 5) is 11.8. The Morgan fingerprint density at radius 1 is 1.14 bits per heavy atom. The fraction of sp³-hybridized carbons (Fsp3) is 0.188. The second-order valence-electron chi connectivity index (χ2n) is 4.84. The van der Waals surface area contributed by atoms with Gasteiger partial charge >= 0.3 is 6.03 Å². The average Bonchev–Trinajstić information content (AvgIpc) is 2.47. The van der Waals surface area contributed by atoms with E-state index >= 15 is 0 Å². The van der Waals surface area contributed by atoms with Crippen LogP contribution in [0.5, 0.6) is 0 Å². The van der Waals surface area contributed by atoms with Crippen molar-refractivity contribution in [2.45, 2.75) is 19.5 Å². The van der Waals surface area contributed by atoms with E-state index in [0.29, 0.717) is 11.6 Å². The zero-order chi connectivity index (χ0) is 15.2. The molecule has 22 heavy (non-hydrogen) atoms. The van der Waals surface area contributed by atoms with Gasteiger partial charge in [0.2, 0.25) is 0 Å². The summed E-state index contributed by atoms with van der Waals surface area (Å²) in [5.41, 5.74) is 8.53. The molecule has 4 N–H and O–H groups in total. The summed E-state index contributed by atoms with van der Waals surface area (Å²) in [6.45, 7) is 2.36. The molecule has 0 aliphatic heterocycles. The lowest BCUT2D eigenvalue weighted by Crippen LogP contribution is -2.28. The van der Waals surface area contributed by atoms with Gasteiger partial charge in [-0.3, -0.25) is 0 Å². The molecule has 0 heterocycles. The zero-order valence-corrected chi connectivity index (χ0v) is 13.7. The molecule has 0 aliphatic rings. The Bertz CT molecular complexity index is 598. The van der Waals surface area contributed by atoms with E-state index in [9.17, 15) is 4.79 Å². The van der Waals surface area contributed by atoms with Crippen molar-refractivity contribution in [2.24, 2.45) is 5.73 Å². The number of hydrogen-bond acceptors (Lipinski definition) is 2. The highest BCUT2D eigenvalue weighted by Gasteiger charge is 2.03. The second kappa shape index (κ2) is 8.63. The number of rotatable bonds is 4. The number of halogens is 2. The Morgan fingerprint density at radius 2 is 1.73 bits per heavy atom. The predicted octanol–water partition coefficient (Wildman–Crippen LogP) is 4.10. The van der Waals surface area contributed by atoms with Crippen LogP contribution in [0, 0.1) is 0 Å². The van der Waals surface area contributed by atoms with Gasteiger partial charge in [0.05, 0.1) is 0 Å². The van der Waals surface area contributed by atoms with Crippen LogP contribution in [0.25, 0.3) is 0 Å². The van der Waals surface area contributed by atoms with Crippen LogP contribution in [0.3, 0.4) is 0 Å². The monoisotopic (exact) mass is 339 g/mol. The highest BCUT2D eigenvalue weighted by molar-refractivity contribution is 6.30. The zero-order valence-electron chi connectivity index (χ0n) is 12.2. The van der Waals surface area contributed by atoms with E-state index in [1.807, 2.05) is 43.3 Å². The highest BCUT2D eigenvalue weighted by Crippen LogP contribution is 2.14. The van der Waals surface area contributed by atoms with Crippen LogP contribution in [-0.2, 0) is 6.54 Å². The van der Waals surface area contributed by atoms with E-state index in [-0.39, 0.29) is 24.5 Å². The van der Waals surface area contributed by atoms with Crippen molar-refractivity contribution in [3.05, 3.63) is 64.7 Å². The molecule has 0 saturated carbocycles. The molecule has 0 spiro atoms. The summed E-state index contributed by atoms with van der Waals surface area (Å²) in [7, 11) is 0. The molecule has 2 aromatic carbocycles. The van der Waals surface area contributed by atoms with Gasteiger partial charge < -0.3 is 16.4 Å². The number of carbonyl (C=O) groups excluding carboxylic acids is 1. The molecule has 0 saturated heterocycles. The van der Waals surface area contributed by atoms with Gasteiger partial charge in [-0.25, -0.2) is 4.79 Å². The molecule has 0 aromatic heterocycles. The van der Waals surface area contributed by atoms with Crippen LogP contribution in [-0.4, -0.2) is 6.03 Å². The molecule has 0 fully saturated rings. The summed E-state index contributed by atoms with van der Waals surface area (Å²) in [6.07, 6.45) is 0. The molecule has 1 unspecified atom stereocenters. The summed E-state index contributed by atoms with van der Waals surface area (Å²) >= 11 is 5.81. The highest BCUT2D eigenvalue weighted by atomic mass is 35.5. The molecular weight excluding hydrogens is 321 g/mol. The average molecular weight is 340 g/mol. The molecule has 1 atom stereocenters. The smallest absolute Gasteiger partial charge is 0.319 e. The SMILES string of the molecule is CC(N)c1ccc(NC(=O)NCc2ccc(Cl)cc2)cc1.Cl. The third-order valence-corrected chi connectivity index (χ3v) is 3.31. The maximum atomic E-state index is 11.8. The molecule has 6 heteroatoms. The summed E-state index contributed by atoms with van der Waals surface area (Å²) in [6, 6.07) is 14.5. The third-order valence-electron chi connectivity index (χ3n) is 3.06. The Morgan fingerprint density at radius 3 is 2.27 bits per heavy atom. The molecule has 0 aliphatic carbocycles. The van der Waals surface area contributed by atoms with Crippen LogP contribution in [0.4, 0.5) is 10.5 Å². The molecule has 0 bridgehead atoms. The topological polar surface area (TPSA) is 67.1 Å². The molecule has 2 rings (SSSR count). The first kappa shape index (κ1) is 18.3. The number of hydrogen-bond donors (Lipinski definition) is 3. The van der Waals surface area contributed by atoms with Crippen LogP contribution < -0.4 is 16.4 Å². The molecular formula is C16H19Cl2N3O. The van der Waals surface area contributed by atoms with Crippen molar-refractivity contribution in [3.8, 4) is 0 Å². The van der Waals surface area contributed by atoms with Crippen LogP contribution in [0.1, 0.15) is 24.1 Å². The largest absolute Gasteiger partial charge is 0.334 e. The maximum Gasteiger partial charge on any atom is 0.319 e. The second-order valence-corrected chi connectivity index (χ2v) is 5.28. The molecule has 2 aromatic rings. The summed E-state index contributed by atoms with van der Waals surface area (Å²) in [5, 5.41) is 6.24. The molecule has 118 valence electrons. The minimum Gasteiger partial charge on any atom is -0.334 e. The van der Waals surface area contributed by atoms with Crippen LogP contribution in [0.15, 0.2) is 48.5 Å². The standard InChI is InChI=1S/C16H18ClN3O.ClH/c1-11(18)13-4-8-15(9-5-13)20-16(21)19-10-12-2-6-14(17)7-3-12;/h2-9,11H,10,18H2,1H3,(H2,19,20,21);1H. The summed E-state index contributed by atoms with van der Waals surface area (Å²) < 4.78 is 0. The third kappa shape index (κ3) is 5.56. The van der Waals surface area contributed by atoms with Gasteiger partial charge in [0, 0.05) is 23.3 Å². The van der Waals surface area contributed by atoms with Gasteiger partial charge in [-0.15, -0.1) is 12.4 Å². The van der Waals surface area contributed by atoms with Gasteiger partial charge in [-0.2, -0.15) is 0 Å². The number of urea groups is 1. The Labute approximate surface area is 141 Å². The lowest BCUT2D eigenvalue weighted by Gasteiger charge is -2.10. The van der Waals surface area contributed by atoms with E-state index < -0.39 is 0 Å². The van der Waals surface area contributed by atoms with Crippen molar-refractivity contribution in [2.75, 3.05) is 5.32 Å².